The first-order valence-corrected chi connectivity index (χ1v) is 8.33. The monoisotopic (exact) mass is 358 g/mol. The molecular weight excluding hydrogens is 341 g/mol. The summed E-state index contributed by atoms with van der Waals surface area (Å²) in [6.07, 6.45) is -2.70. The van der Waals surface area contributed by atoms with E-state index in [0.29, 0.717) is 22.8 Å². The van der Waals surface area contributed by atoms with Crippen LogP contribution in [0.25, 0.3) is 10.6 Å². The SMILES string of the molecule is Cn1nc(-c2ccc(C(=O)N3CCC[C@H](N)C3)s2)cc1C(F)(F)F. The fourth-order valence-corrected chi connectivity index (χ4v) is 3.72. The number of alkyl halides is 3. The number of halogens is 3. The highest BCUT2D eigenvalue weighted by atomic mass is 32.1. The van der Waals surface area contributed by atoms with Gasteiger partial charge in [0.25, 0.3) is 5.91 Å². The molecule has 0 bridgehead atoms. The van der Waals surface area contributed by atoms with Crippen molar-refractivity contribution >= 4 is 17.2 Å². The smallest absolute Gasteiger partial charge is 0.336 e. The van der Waals surface area contributed by atoms with Crippen molar-refractivity contribution in [3.05, 3.63) is 28.8 Å². The van der Waals surface area contributed by atoms with E-state index in [2.05, 4.69) is 5.10 Å². The van der Waals surface area contributed by atoms with Crippen LogP contribution in [0, 0.1) is 0 Å². The average Bonchev–Trinajstić information content (AvgIpc) is 3.12. The quantitative estimate of drug-likeness (QED) is 0.898. The Balaban J connectivity index is 1.82. The lowest BCUT2D eigenvalue weighted by atomic mass is 10.1. The Morgan fingerprint density at radius 2 is 2.17 bits per heavy atom. The maximum absolute atomic E-state index is 12.9. The van der Waals surface area contributed by atoms with E-state index < -0.39 is 11.9 Å². The standard InChI is InChI=1S/C15H17F3N4OS/c1-21-13(15(16,17)18)7-10(20-21)11-4-5-12(24-11)14(23)22-6-2-3-9(19)8-22/h4-5,7,9H,2-3,6,8,19H2,1H3/t9-/m0/s1. The predicted octanol–water partition coefficient (Wildman–Crippen LogP) is 2.73. The summed E-state index contributed by atoms with van der Waals surface area (Å²) in [4.78, 5) is 15.2. The molecule has 1 atom stereocenters. The molecule has 1 amide bonds. The number of aryl methyl sites for hydroxylation is 1. The number of thiophene rings is 1. The van der Waals surface area contributed by atoms with Crippen molar-refractivity contribution in [3.63, 3.8) is 0 Å². The van der Waals surface area contributed by atoms with Gasteiger partial charge in [0.15, 0.2) is 0 Å². The van der Waals surface area contributed by atoms with Crippen LogP contribution >= 0.6 is 11.3 Å². The lowest BCUT2D eigenvalue weighted by Gasteiger charge is -2.30. The number of nitrogens with zero attached hydrogens (tertiary/aromatic N) is 3. The Kier molecular flexibility index (Phi) is 4.39. The Bertz CT molecular complexity index is 752. The normalized spacial score (nSPS) is 18.9. The molecule has 9 heteroatoms. The Morgan fingerprint density at radius 1 is 1.42 bits per heavy atom. The number of amides is 1. The lowest BCUT2D eigenvalue weighted by molar-refractivity contribution is -0.143. The number of hydrogen-bond donors (Lipinski definition) is 1. The molecule has 5 nitrogen and oxygen atoms in total. The topological polar surface area (TPSA) is 64.2 Å². The highest BCUT2D eigenvalue weighted by molar-refractivity contribution is 7.17. The highest BCUT2D eigenvalue weighted by Crippen LogP contribution is 2.34. The number of likely N-dealkylation sites (tertiary alicyclic amines) is 1. The number of carbonyl (C=O) groups is 1. The van der Waals surface area contributed by atoms with Gasteiger partial charge in [-0.25, -0.2) is 0 Å². The third-order valence-electron chi connectivity index (χ3n) is 3.98. The molecule has 2 N–H and O–H groups in total. The van der Waals surface area contributed by atoms with Crippen LogP contribution < -0.4 is 5.73 Å². The predicted molar refractivity (Wildman–Crippen MR) is 84.6 cm³/mol. The van der Waals surface area contributed by atoms with E-state index in [4.69, 9.17) is 5.73 Å². The summed E-state index contributed by atoms with van der Waals surface area (Å²) in [5.74, 6) is -0.131. The van der Waals surface area contributed by atoms with Crippen molar-refractivity contribution in [1.82, 2.24) is 14.7 Å². The second kappa shape index (κ2) is 6.21. The Hall–Kier alpha value is -1.87. The summed E-state index contributed by atoms with van der Waals surface area (Å²) in [5.41, 5.74) is 5.28. The van der Waals surface area contributed by atoms with Gasteiger partial charge >= 0.3 is 6.18 Å². The molecule has 0 spiro atoms. The molecule has 0 saturated carbocycles. The van der Waals surface area contributed by atoms with Gasteiger partial charge in [0.2, 0.25) is 0 Å². The number of piperidine rings is 1. The largest absolute Gasteiger partial charge is 0.433 e. The van der Waals surface area contributed by atoms with Crippen molar-refractivity contribution in [2.24, 2.45) is 12.8 Å². The Morgan fingerprint density at radius 3 is 2.79 bits per heavy atom. The van der Waals surface area contributed by atoms with Gasteiger partial charge in [0.1, 0.15) is 11.4 Å². The number of nitrogens with two attached hydrogens (primary N) is 1. The number of hydrogen-bond acceptors (Lipinski definition) is 4. The van der Waals surface area contributed by atoms with Crippen LogP contribution in [0.4, 0.5) is 13.2 Å². The zero-order valence-electron chi connectivity index (χ0n) is 13.0. The van der Waals surface area contributed by atoms with Crippen LogP contribution in [-0.2, 0) is 13.2 Å². The first kappa shape index (κ1) is 17.0. The third-order valence-corrected chi connectivity index (χ3v) is 5.08. The van der Waals surface area contributed by atoms with Crippen LogP contribution in [0.1, 0.15) is 28.2 Å². The van der Waals surface area contributed by atoms with E-state index >= 15 is 0 Å². The fourth-order valence-electron chi connectivity index (χ4n) is 2.79. The minimum atomic E-state index is -4.46. The highest BCUT2D eigenvalue weighted by Gasteiger charge is 2.35. The van der Waals surface area contributed by atoms with E-state index in [-0.39, 0.29) is 17.6 Å². The summed E-state index contributed by atoms with van der Waals surface area (Å²) >= 11 is 1.15. The first-order valence-electron chi connectivity index (χ1n) is 7.52. The zero-order chi connectivity index (χ0) is 17.5. The van der Waals surface area contributed by atoms with Crippen LogP contribution in [0.15, 0.2) is 18.2 Å². The van der Waals surface area contributed by atoms with Gasteiger partial charge in [-0.1, -0.05) is 0 Å². The second-order valence-electron chi connectivity index (χ2n) is 5.85. The fraction of sp³-hybridized carbons (Fsp3) is 0.467. The average molecular weight is 358 g/mol. The van der Waals surface area contributed by atoms with Crippen molar-refractivity contribution in [2.75, 3.05) is 13.1 Å². The van der Waals surface area contributed by atoms with Crippen LogP contribution in [0.2, 0.25) is 0 Å². The van der Waals surface area contributed by atoms with Crippen LogP contribution in [0.5, 0.6) is 0 Å². The molecule has 1 saturated heterocycles. The zero-order valence-corrected chi connectivity index (χ0v) is 13.8. The van der Waals surface area contributed by atoms with Gasteiger partial charge in [-0.2, -0.15) is 18.3 Å². The van der Waals surface area contributed by atoms with Gasteiger partial charge in [0.05, 0.1) is 9.75 Å². The molecule has 1 aliphatic rings. The molecule has 0 aliphatic carbocycles. The van der Waals surface area contributed by atoms with E-state index in [0.717, 1.165) is 34.9 Å². The summed E-state index contributed by atoms with van der Waals surface area (Å²) in [6.45, 7) is 1.16. The molecule has 2 aromatic heterocycles. The number of aromatic nitrogens is 2. The maximum atomic E-state index is 12.9. The minimum absolute atomic E-state index is 0.0210. The molecule has 3 heterocycles. The lowest BCUT2D eigenvalue weighted by Crippen LogP contribution is -2.45. The second-order valence-corrected chi connectivity index (χ2v) is 6.94. The molecular formula is C15H17F3N4OS. The molecule has 0 radical (unpaired) electrons. The summed E-state index contributed by atoms with van der Waals surface area (Å²) in [5, 5.41) is 3.91. The summed E-state index contributed by atoms with van der Waals surface area (Å²) in [6, 6.07) is 4.23. The van der Waals surface area contributed by atoms with Gasteiger partial charge in [-0.05, 0) is 31.0 Å². The van der Waals surface area contributed by atoms with Gasteiger partial charge in [0, 0.05) is 26.2 Å². The van der Waals surface area contributed by atoms with E-state index in [1.54, 1.807) is 17.0 Å². The van der Waals surface area contributed by atoms with E-state index in [1.807, 2.05) is 0 Å². The number of carbonyl (C=O) groups excluding carboxylic acids is 1. The van der Waals surface area contributed by atoms with Crippen molar-refractivity contribution < 1.29 is 18.0 Å². The third kappa shape index (κ3) is 3.32. The molecule has 1 fully saturated rings. The van der Waals surface area contributed by atoms with E-state index in [1.165, 1.54) is 7.05 Å². The molecule has 130 valence electrons. The van der Waals surface area contributed by atoms with Crippen molar-refractivity contribution in [3.8, 4) is 10.6 Å². The molecule has 2 aromatic rings. The maximum Gasteiger partial charge on any atom is 0.433 e. The molecule has 0 unspecified atom stereocenters. The first-order chi connectivity index (χ1) is 11.3. The van der Waals surface area contributed by atoms with Crippen molar-refractivity contribution in [2.45, 2.75) is 25.1 Å². The summed E-state index contributed by atoms with van der Waals surface area (Å²) < 4.78 is 39.4. The van der Waals surface area contributed by atoms with Crippen molar-refractivity contribution in [1.29, 1.82) is 0 Å². The van der Waals surface area contributed by atoms with Gasteiger partial charge < -0.3 is 10.6 Å². The van der Waals surface area contributed by atoms with Crippen LogP contribution in [-0.4, -0.2) is 39.7 Å². The minimum Gasteiger partial charge on any atom is -0.336 e. The number of rotatable bonds is 2. The van der Waals surface area contributed by atoms with Gasteiger partial charge in [-0.3, -0.25) is 9.48 Å². The van der Waals surface area contributed by atoms with Crippen LogP contribution in [0.3, 0.4) is 0 Å². The molecule has 1 aliphatic heterocycles. The van der Waals surface area contributed by atoms with Gasteiger partial charge in [-0.15, -0.1) is 11.3 Å². The molecule has 24 heavy (non-hydrogen) atoms. The van der Waals surface area contributed by atoms with E-state index in [9.17, 15) is 18.0 Å². The Labute approximate surface area is 140 Å². The molecule has 0 aromatic carbocycles. The summed E-state index contributed by atoms with van der Waals surface area (Å²) in [7, 11) is 1.25. The molecule has 3 rings (SSSR count).